The number of imidazole rings is 1. The van der Waals surface area contributed by atoms with Gasteiger partial charge in [0.2, 0.25) is 0 Å². The van der Waals surface area contributed by atoms with Crippen LogP contribution in [-0.2, 0) is 6.54 Å². The molecule has 2 atom stereocenters. The van der Waals surface area contributed by atoms with Crippen LogP contribution in [0.4, 0.5) is 0 Å². The molecule has 0 aliphatic carbocycles. The molecule has 1 fully saturated rings. The second-order valence-electron chi connectivity index (χ2n) is 5.79. The standard InChI is InChI=1S/C15H27N3O/c1-13(19)12-15-6-4-3-5-8-18(15)11-10-17-9-7-16-14(17)2/h7,9,13,15,19H,3-6,8,10-12H2,1-2H3. The van der Waals surface area contributed by atoms with Crippen LogP contribution in [0.5, 0.6) is 0 Å². The highest BCUT2D eigenvalue weighted by molar-refractivity contribution is 4.89. The summed E-state index contributed by atoms with van der Waals surface area (Å²) in [6.45, 7) is 7.20. The maximum Gasteiger partial charge on any atom is 0.105 e. The number of aromatic nitrogens is 2. The molecule has 1 saturated heterocycles. The zero-order chi connectivity index (χ0) is 13.7. The van der Waals surface area contributed by atoms with Crippen LogP contribution in [0, 0.1) is 6.92 Å². The Balaban J connectivity index is 1.92. The van der Waals surface area contributed by atoms with Gasteiger partial charge in [0.25, 0.3) is 0 Å². The fraction of sp³-hybridized carbons (Fsp3) is 0.800. The minimum atomic E-state index is -0.194. The Bertz CT molecular complexity index is 375. The normalized spacial score (nSPS) is 23.2. The van der Waals surface area contributed by atoms with Gasteiger partial charge in [0.15, 0.2) is 0 Å². The molecule has 1 aliphatic rings. The summed E-state index contributed by atoms with van der Waals surface area (Å²) in [6, 6.07) is 0.548. The van der Waals surface area contributed by atoms with Crippen molar-refractivity contribution in [1.82, 2.24) is 14.5 Å². The molecule has 2 heterocycles. The molecule has 108 valence electrons. The van der Waals surface area contributed by atoms with Gasteiger partial charge < -0.3 is 9.67 Å². The molecule has 2 rings (SSSR count). The lowest BCUT2D eigenvalue weighted by Crippen LogP contribution is -2.39. The van der Waals surface area contributed by atoms with Gasteiger partial charge in [-0.2, -0.15) is 0 Å². The second-order valence-corrected chi connectivity index (χ2v) is 5.79. The van der Waals surface area contributed by atoms with E-state index in [0.29, 0.717) is 6.04 Å². The fourth-order valence-corrected chi connectivity index (χ4v) is 3.07. The average molecular weight is 265 g/mol. The molecule has 1 N–H and O–H groups in total. The third kappa shape index (κ3) is 4.32. The lowest BCUT2D eigenvalue weighted by molar-refractivity contribution is 0.110. The molecule has 1 aromatic rings. The second kappa shape index (κ2) is 7.06. The molecule has 0 saturated carbocycles. The number of nitrogens with zero attached hydrogens (tertiary/aromatic N) is 3. The number of aryl methyl sites for hydroxylation is 1. The third-order valence-electron chi connectivity index (χ3n) is 4.16. The van der Waals surface area contributed by atoms with Crippen LogP contribution >= 0.6 is 0 Å². The van der Waals surface area contributed by atoms with Gasteiger partial charge in [-0.05, 0) is 39.7 Å². The average Bonchev–Trinajstić information content (AvgIpc) is 2.64. The number of aliphatic hydroxyl groups excluding tert-OH is 1. The Morgan fingerprint density at radius 3 is 2.89 bits per heavy atom. The molecule has 0 bridgehead atoms. The summed E-state index contributed by atoms with van der Waals surface area (Å²) in [5.41, 5.74) is 0. The van der Waals surface area contributed by atoms with Crippen molar-refractivity contribution in [3.63, 3.8) is 0 Å². The molecular weight excluding hydrogens is 238 g/mol. The minimum Gasteiger partial charge on any atom is -0.393 e. The summed E-state index contributed by atoms with van der Waals surface area (Å²) in [5, 5.41) is 9.67. The Hall–Kier alpha value is -0.870. The molecule has 4 heteroatoms. The van der Waals surface area contributed by atoms with Crippen LogP contribution in [-0.4, -0.2) is 44.8 Å². The zero-order valence-corrected chi connectivity index (χ0v) is 12.3. The van der Waals surface area contributed by atoms with Crippen LogP contribution in [0.3, 0.4) is 0 Å². The van der Waals surface area contributed by atoms with Crippen molar-refractivity contribution in [3.05, 3.63) is 18.2 Å². The van der Waals surface area contributed by atoms with Gasteiger partial charge >= 0.3 is 0 Å². The minimum absolute atomic E-state index is 0.194. The van der Waals surface area contributed by atoms with E-state index in [9.17, 15) is 5.11 Å². The molecule has 1 aliphatic heterocycles. The largest absolute Gasteiger partial charge is 0.393 e. The molecule has 0 aromatic carbocycles. The van der Waals surface area contributed by atoms with Crippen LogP contribution < -0.4 is 0 Å². The molecule has 0 amide bonds. The highest BCUT2D eigenvalue weighted by atomic mass is 16.3. The van der Waals surface area contributed by atoms with Crippen LogP contribution in [0.1, 0.15) is 44.9 Å². The quantitative estimate of drug-likeness (QED) is 0.887. The first-order valence-electron chi connectivity index (χ1n) is 7.56. The topological polar surface area (TPSA) is 41.3 Å². The monoisotopic (exact) mass is 265 g/mol. The van der Waals surface area contributed by atoms with Crippen molar-refractivity contribution >= 4 is 0 Å². The van der Waals surface area contributed by atoms with E-state index in [1.165, 1.54) is 32.2 Å². The third-order valence-corrected chi connectivity index (χ3v) is 4.16. The van der Waals surface area contributed by atoms with Gasteiger partial charge in [-0.1, -0.05) is 12.8 Å². The van der Waals surface area contributed by atoms with E-state index in [1.807, 2.05) is 13.1 Å². The summed E-state index contributed by atoms with van der Waals surface area (Å²) >= 11 is 0. The van der Waals surface area contributed by atoms with E-state index in [4.69, 9.17) is 0 Å². The van der Waals surface area contributed by atoms with E-state index in [0.717, 1.165) is 25.3 Å². The predicted molar refractivity (Wildman–Crippen MR) is 77.1 cm³/mol. The molecule has 0 spiro atoms. The number of rotatable bonds is 5. The number of likely N-dealkylation sites (tertiary alicyclic amines) is 1. The molecule has 1 aromatic heterocycles. The van der Waals surface area contributed by atoms with E-state index in [2.05, 4.69) is 27.6 Å². The van der Waals surface area contributed by atoms with Crippen molar-refractivity contribution < 1.29 is 5.11 Å². The smallest absolute Gasteiger partial charge is 0.105 e. The van der Waals surface area contributed by atoms with Gasteiger partial charge in [-0.15, -0.1) is 0 Å². The van der Waals surface area contributed by atoms with Gasteiger partial charge in [-0.25, -0.2) is 4.98 Å². The van der Waals surface area contributed by atoms with Gasteiger partial charge in [0, 0.05) is 31.5 Å². The Kier molecular flexibility index (Phi) is 5.40. The summed E-state index contributed by atoms with van der Waals surface area (Å²) in [5.74, 6) is 1.09. The molecule has 4 nitrogen and oxygen atoms in total. The van der Waals surface area contributed by atoms with Gasteiger partial charge in [0.1, 0.15) is 5.82 Å². The Morgan fingerprint density at radius 2 is 2.21 bits per heavy atom. The Labute approximate surface area is 116 Å². The first-order valence-corrected chi connectivity index (χ1v) is 7.56. The molecule has 2 unspecified atom stereocenters. The van der Waals surface area contributed by atoms with Crippen LogP contribution in [0.25, 0.3) is 0 Å². The Morgan fingerprint density at radius 1 is 1.37 bits per heavy atom. The maximum absolute atomic E-state index is 9.67. The summed E-state index contributed by atoms with van der Waals surface area (Å²) in [7, 11) is 0. The van der Waals surface area contributed by atoms with Crippen molar-refractivity contribution in [2.75, 3.05) is 13.1 Å². The molecule has 0 radical (unpaired) electrons. The molecular formula is C15H27N3O. The van der Waals surface area contributed by atoms with Crippen LogP contribution in [0.15, 0.2) is 12.4 Å². The number of hydrogen-bond acceptors (Lipinski definition) is 3. The SMILES string of the molecule is Cc1nccn1CCN1CCCCCC1CC(C)O. The number of hydrogen-bond donors (Lipinski definition) is 1. The first kappa shape index (κ1) is 14.5. The van der Waals surface area contributed by atoms with Crippen molar-refractivity contribution in [1.29, 1.82) is 0 Å². The van der Waals surface area contributed by atoms with Gasteiger partial charge in [-0.3, -0.25) is 4.90 Å². The highest BCUT2D eigenvalue weighted by Gasteiger charge is 2.22. The van der Waals surface area contributed by atoms with E-state index >= 15 is 0 Å². The summed E-state index contributed by atoms with van der Waals surface area (Å²) in [4.78, 5) is 6.84. The lowest BCUT2D eigenvalue weighted by atomic mass is 10.0. The van der Waals surface area contributed by atoms with Crippen molar-refractivity contribution in [2.45, 2.75) is 64.6 Å². The van der Waals surface area contributed by atoms with Crippen molar-refractivity contribution in [2.24, 2.45) is 0 Å². The highest BCUT2D eigenvalue weighted by Crippen LogP contribution is 2.20. The van der Waals surface area contributed by atoms with Crippen molar-refractivity contribution in [3.8, 4) is 0 Å². The van der Waals surface area contributed by atoms with Gasteiger partial charge in [0.05, 0.1) is 6.10 Å². The maximum atomic E-state index is 9.67. The fourth-order valence-electron chi connectivity index (χ4n) is 3.07. The van der Waals surface area contributed by atoms with E-state index in [-0.39, 0.29) is 6.10 Å². The summed E-state index contributed by atoms with van der Waals surface area (Å²) in [6.07, 6.45) is 9.78. The molecule has 19 heavy (non-hydrogen) atoms. The van der Waals surface area contributed by atoms with Crippen LogP contribution in [0.2, 0.25) is 0 Å². The predicted octanol–water partition coefficient (Wildman–Crippen LogP) is 2.21. The zero-order valence-electron chi connectivity index (χ0n) is 12.3. The lowest BCUT2D eigenvalue weighted by Gasteiger charge is -2.31. The van der Waals surface area contributed by atoms with E-state index < -0.39 is 0 Å². The number of aliphatic hydroxyl groups is 1. The first-order chi connectivity index (χ1) is 9.16. The van der Waals surface area contributed by atoms with E-state index in [1.54, 1.807) is 0 Å². The summed E-state index contributed by atoms with van der Waals surface area (Å²) < 4.78 is 2.21.